The number of aromatic amines is 1. The van der Waals surface area contributed by atoms with E-state index in [4.69, 9.17) is 0 Å². The van der Waals surface area contributed by atoms with E-state index >= 15 is 0 Å². The highest BCUT2D eigenvalue weighted by molar-refractivity contribution is 8.00. The highest BCUT2D eigenvalue weighted by atomic mass is 32.2. The van der Waals surface area contributed by atoms with E-state index in [0.29, 0.717) is 33.3 Å². The maximum Gasteiger partial charge on any atom is 0.288 e. The molecule has 9 heteroatoms. The van der Waals surface area contributed by atoms with Crippen molar-refractivity contribution in [1.29, 1.82) is 0 Å². The van der Waals surface area contributed by atoms with E-state index in [9.17, 15) is 13.6 Å². The summed E-state index contributed by atoms with van der Waals surface area (Å²) < 4.78 is 24.9. The molecule has 0 saturated carbocycles. The third kappa shape index (κ3) is 5.01. The van der Waals surface area contributed by atoms with Gasteiger partial charge in [0.15, 0.2) is 0 Å². The van der Waals surface area contributed by atoms with Gasteiger partial charge in [0.05, 0.1) is 11.4 Å². The molecule has 0 aliphatic carbocycles. The Bertz CT molecular complexity index is 621. The minimum Gasteiger partial charge on any atom is -0.324 e. The van der Waals surface area contributed by atoms with E-state index in [1.54, 1.807) is 25.1 Å². The summed E-state index contributed by atoms with van der Waals surface area (Å²) in [7, 11) is 0. The normalized spacial score (nSPS) is 10.9. The molecule has 112 valence electrons. The number of nitrogens with zero attached hydrogens (tertiary/aromatic N) is 2. The van der Waals surface area contributed by atoms with Crippen LogP contribution in [0.4, 0.5) is 14.5 Å². The Morgan fingerprint density at radius 1 is 1.43 bits per heavy atom. The fraction of sp³-hybridized carbons (Fsp3) is 0.250. The number of halogens is 2. The minimum absolute atomic E-state index is 0.102. The van der Waals surface area contributed by atoms with Crippen molar-refractivity contribution in [1.82, 2.24) is 15.2 Å². The third-order valence-electron chi connectivity index (χ3n) is 2.29. The van der Waals surface area contributed by atoms with Crippen LogP contribution in [0.2, 0.25) is 0 Å². The number of carbonyl (C=O) groups is 1. The number of H-pyrrole nitrogens is 1. The van der Waals surface area contributed by atoms with Crippen molar-refractivity contribution in [3.8, 4) is 0 Å². The van der Waals surface area contributed by atoms with E-state index in [0.717, 1.165) is 0 Å². The van der Waals surface area contributed by atoms with Crippen molar-refractivity contribution in [3.05, 3.63) is 30.1 Å². The van der Waals surface area contributed by atoms with Crippen LogP contribution in [0.25, 0.3) is 0 Å². The Hall–Kier alpha value is -1.61. The van der Waals surface area contributed by atoms with Crippen LogP contribution in [0.3, 0.4) is 0 Å². The summed E-state index contributed by atoms with van der Waals surface area (Å²) in [6.07, 6.45) is 0. The highest BCUT2D eigenvalue weighted by Gasteiger charge is 2.12. The van der Waals surface area contributed by atoms with E-state index in [1.165, 1.54) is 17.8 Å². The van der Waals surface area contributed by atoms with Gasteiger partial charge in [-0.25, -0.2) is 4.98 Å². The summed E-state index contributed by atoms with van der Waals surface area (Å²) in [5.74, 6) is -2.07. The Balaban J connectivity index is 1.93. The van der Waals surface area contributed by atoms with Gasteiger partial charge in [0.2, 0.25) is 11.1 Å². The molecule has 0 fully saturated rings. The maximum atomic E-state index is 12.4. The predicted molar refractivity (Wildman–Crippen MR) is 78.8 cm³/mol. The fourth-order valence-corrected chi connectivity index (χ4v) is 2.71. The highest BCUT2D eigenvalue weighted by Crippen LogP contribution is 2.31. The molecule has 1 amide bonds. The Kier molecular flexibility index (Phi) is 5.57. The molecule has 0 atom stereocenters. The monoisotopic (exact) mass is 330 g/mol. The van der Waals surface area contributed by atoms with E-state index in [1.807, 2.05) is 0 Å². The molecular formula is C12H12F2N4OS2. The number of aromatic nitrogens is 3. The number of rotatable bonds is 6. The molecule has 1 heterocycles. The van der Waals surface area contributed by atoms with Crippen molar-refractivity contribution in [2.75, 3.05) is 11.1 Å². The average molecular weight is 330 g/mol. The molecule has 2 aromatic rings. The molecule has 2 rings (SSSR count). The van der Waals surface area contributed by atoms with Gasteiger partial charge in [-0.2, -0.15) is 8.78 Å². The summed E-state index contributed by atoms with van der Waals surface area (Å²) in [4.78, 5) is 16.2. The number of alkyl halides is 2. The van der Waals surface area contributed by atoms with E-state index in [2.05, 4.69) is 20.5 Å². The largest absolute Gasteiger partial charge is 0.324 e. The molecule has 0 unspecified atom stereocenters. The van der Waals surface area contributed by atoms with Crippen molar-refractivity contribution in [2.24, 2.45) is 0 Å². The lowest BCUT2D eigenvalue weighted by atomic mass is 10.3. The minimum atomic E-state index is -2.53. The number of aryl methyl sites for hydroxylation is 1. The second-order valence-electron chi connectivity index (χ2n) is 3.91. The summed E-state index contributed by atoms with van der Waals surface area (Å²) in [6, 6.07) is 6.45. The predicted octanol–water partition coefficient (Wildman–Crippen LogP) is 3.16. The molecule has 1 aromatic carbocycles. The number of amides is 1. The van der Waals surface area contributed by atoms with Gasteiger partial charge in [-0.05, 0) is 19.1 Å². The van der Waals surface area contributed by atoms with E-state index < -0.39 is 5.76 Å². The first-order valence-electron chi connectivity index (χ1n) is 5.90. The first-order valence-corrected chi connectivity index (χ1v) is 7.76. The molecular weight excluding hydrogens is 318 g/mol. The van der Waals surface area contributed by atoms with Crippen LogP contribution >= 0.6 is 23.5 Å². The number of benzene rings is 1. The SMILES string of the molecule is Cc1nc(SCC(=O)Nc2ccccc2SC(F)F)n[nH]1. The van der Waals surface area contributed by atoms with Crippen molar-refractivity contribution in [2.45, 2.75) is 22.7 Å². The zero-order chi connectivity index (χ0) is 15.2. The first-order chi connectivity index (χ1) is 10.0. The number of para-hydroxylation sites is 1. The van der Waals surface area contributed by atoms with Crippen LogP contribution in [0.15, 0.2) is 34.3 Å². The Morgan fingerprint density at radius 2 is 2.19 bits per heavy atom. The summed E-state index contributed by atoms with van der Waals surface area (Å²) in [5, 5.41) is 9.65. The van der Waals surface area contributed by atoms with Crippen molar-refractivity contribution in [3.63, 3.8) is 0 Å². The van der Waals surface area contributed by atoms with Gasteiger partial charge in [-0.1, -0.05) is 35.7 Å². The molecule has 0 aliphatic heterocycles. The van der Waals surface area contributed by atoms with Crippen LogP contribution in [-0.4, -0.2) is 32.6 Å². The lowest BCUT2D eigenvalue weighted by molar-refractivity contribution is -0.113. The summed E-state index contributed by atoms with van der Waals surface area (Å²) in [5.41, 5.74) is 0.375. The Morgan fingerprint density at radius 3 is 2.86 bits per heavy atom. The zero-order valence-electron chi connectivity index (χ0n) is 11.0. The molecule has 21 heavy (non-hydrogen) atoms. The van der Waals surface area contributed by atoms with Crippen LogP contribution < -0.4 is 5.32 Å². The quantitative estimate of drug-likeness (QED) is 0.796. The molecule has 0 bridgehead atoms. The lowest BCUT2D eigenvalue weighted by Crippen LogP contribution is -2.14. The number of thioether (sulfide) groups is 2. The van der Waals surface area contributed by atoms with Crippen molar-refractivity contribution < 1.29 is 13.6 Å². The second kappa shape index (κ2) is 7.41. The van der Waals surface area contributed by atoms with Crippen LogP contribution in [-0.2, 0) is 4.79 Å². The number of hydrogen-bond acceptors (Lipinski definition) is 5. The molecule has 0 radical (unpaired) electrons. The zero-order valence-corrected chi connectivity index (χ0v) is 12.6. The van der Waals surface area contributed by atoms with Gasteiger partial charge in [-0.3, -0.25) is 9.89 Å². The molecule has 0 spiro atoms. The molecule has 2 N–H and O–H groups in total. The topological polar surface area (TPSA) is 70.7 Å². The molecule has 5 nitrogen and oxygen atoms in total. The van der Waals surface area contributed by atoms with Gasteiger partial charge >= 0.3 is 0 Å². The smallest absolute Gasteiger partial charge is 0.288 e. The van der Waals surface area contributed by atoms with Gasteiger partial charge < -0.3 is 5.32 Å². The lowest BCUT2D eigenvalue weighted by Gasteiger charge is -2.09. The molecule has 1 aromatic heterocycles. The van der Waals surface area contributed by atoms with Gasteiger partial charge in [0, 0.05) is 4.90 Å². The third-order valence-corrected chi connectivity index (χ3v) is 3.92. The second-order valence-corrected chi connectivity index (χ2v) is 5.89. The van der Waals surface area contributed by atoms with Gasteiger partial charge in [0.25, 0.3) is 5.76 Å². The van der Waals surface area contributed by atoms with Gasteiger partial charge in [-0.15, -0.1) is 5.10 Å². The standard InChI is InChI=1S/C12H12F2N4OS2/c1-7-15-12(18-17-7)20-6-10(19)16-8-4-2-3-5-9(8)21-11(13)14/h2-5,11H,6H2,1H3,(H,16,19)(H,15,17,18). The number of carbonyl (C=O) groups excluding carboxylic acids is 1. The Labute approximate surface area is 128 Å². The fourth-order valence-electron chi connectivity index (χ4n) is 1.47. The average Bonchev–Trinajstić information content (AvgIpc) is 2.84. The first kappa shape index (κ1) is 15.8. The molecule has 0 saturated heterocycles. The molecule has 0 aliphatic rings. The summed E-state index contributed by atoms with van der Waals surface area (Å²) in [6.45, 7) is 1.76. The van der Waals surface area contributed by atoms with Crippen LogP contribution in [0.5, 0.6) is 0 Å². The van der Waals surface area contributed by atoms with Crippen LogP contribution in [0, 0.1) is 6.92 Å². The number of hydrogen-bond donors (Lipinski definition) is 2. The van der Waals surface area contributed by atoms with E-state index in [-0.39, 0.29) is 11.7 Å². The van der Waals surface area contributed by atoms with Crippen LogP contribution in [0.1, 0.15) is 5.82 Å². The van der Waals surface area contributed by atoms with Gasteiger partial charge in [0.1, 0.15) is 5.82 Å². The number of nitrogens with one attached hydrogen (secondary N) is 2. The van der Waals surface area contributed by atoms with Crippen molar-refractivity contribution >= 4 is 35.1 Å². The maximum absolute atomic E-state index is 12.4. The number of anilines is 1. The summed E-state index contributed by atoms with van der Waals surface area (Å²) >= 11 is 1.57.